The molecule has 124 valence electrons. The molecule has 0 saturated carbocycles. The number of benzene rings is 1. The van der Waals surface area contributed by atoms with Crippen LogP contribution in [0.1, 0.15) is 22.9 Å². The van der Waals surface area contributed by atoms with Crippen LogP contribution in [0.25, 0.3) is 0 Å². The molecule has 4 nitrogen and oxygen atoms in total. The van der Waals surface area contributed by atoms with E-state index in [1.807, 2.05) is 35.4 Å². The van der Waals surface area contributed by atoms with Gasteiger partial charge in [-0.1, -0.05) is 23.8 Å². The number of carbonyl (C=O) groups excluding carboxylic acids is 1. The summed E-state index contributed by atoms with van der Waals surface area (Å²) in [5, 5.41) is 5.03. The average Bonchev–Trinajstić information content (AvgIpc) is 3.05. The molecule has 0 atom stereocenters. The number of nitrogens with zero attached hydrogens (tertiary/aromatic N) is 1. The third kappa shape index (κ3) is 4.99. The van der Waals surface area contributed by atoms with E-state index in [1.54, 1.807) is 18.4 Å². The molecule has 0 fully saturated rings. The number of thiophene rings is 1. The molecule has 2 aromatic rings. The third-order valence-corrected chi connectivity index (χ3v) is 4.56. The lowest BCUT2D eigenvalue weighted by Gasteiger charge is -2.21. The molecule has 1 aromatic carbocycles. The highest BCUT2D eigenvalue weighted by molar-refractivity contribution is 7.09. The second-order valence-corrected chi connectivity index (χ2v) is 6.42. The van der Waals surface area contributed by atoms with E-state index in [4.69, 9.17) is 4.74 Å². The number of methoxy groups -OCH3 is 1. The minimum Gasteiger partial charge on any atom is -0.496 e. The molecule has 0 spiro atoms. The molecule has 1 N–H and O–H groups in total. The zero-order valence-electron chi connectivity index (χ0n) is 14.0. The normalized spacial score (nSPS) is 10.4. The Balaban J connectivity index is 1.87. The first kappa shape index (κ1) is 17.3. The summed E-state index contributed by atoms with van der Waals surface area (Å²) in [6.07, 6.45) is 0.757. The maximum absolute atomic E-state index is 12.3. The molecule has 0 aliphatic carbocycles. The summed E-state index contributed by atoms with van der Waals surface area (Å²) < 4.78 is 5.37. The lowest BCUT2D eigenvalue weighted by molar-refractivity contribution is 0.199. The van der Waals surface area contributed by atoms with Gasteiger partial charge in [-0.25, -0.2) is 4.79 Å². The molecule has 5 heteroatoms. The molecule has 2 amide bonds. The van der Waals surface area contributed by atoms with Gasteiger partial charge >= 0.3 is 6.03 Å². The molecule has 0 aliphatic heterocycles. The fourth-order valence-electron chi connectivity index (χ4n) is 2.44. The number of amides is 2. The van der Waals surface area contributed by atoms with Crippen LogP contribution in [0.5, 0.6) is 5.75 Å². The van der Waals surface area contributed by atoms with Gasteiger partial charge in [0.1, 0.15) is 5.75 Å². The van der Waals surface area contributed by atoms with Crippen LogP contribution in [0.2, 0.25) is 0 Å². The van der Waals surface area contributed by atoms with Crippen molar-refractivity contribution in [3.8, 4) is 5.75 Å². The Bertz CT molecular complexity index is 626. The van der Waals surface area contributed by atoms with Gasteiger partial charge in [-0.05, 0) is 43.3 Å². The highest BCUT2D eigenvalue weighted by Crippen LogP contribution is 2.19. The Hall–Kier alpha value is -2.01. The largest absolute Gasteiger partial charge is 0.496 e. The van der Waals surface area contributed by atoms with Crippen LogP contribution in [-0.4, -0.2) is 31.1 Å². The number of ether oxygens (including phenoxy) is 1. The maximum Gasteiger partial charge on any atom is 0.317 e. The first-order valence-corrected chi connectivity index (χ1v) is 8.70. The smallest absolute Gasteiger partial charge is 0.317 e. The molecular formula is C18H24N2O2S. The molecule has 0 radical (unpaired) electrons. The number of hydrogen-bond acceptors (Lipinski definition) is 3. The second kappa shape index (κ2) is 8.58. The fraction of sp³-hybridized carbons (Fsp3) is 0.389. The van der Waals surface area contributed by atoms with Gasteiger partial charge < -0.3 is 15.0 Å². The van der Waals surface area contributed by atoms with Crippen molar-refractivity contribution in [2.45, 2.75) is 26.8 Å². The number of aryl methyl sites for hydroxylation is 1. The van der Waals surface area contributed by atoms with Gasteiger partial charge in [-0.15, -0.1) is 11.3 Å². The SMILES string of the molecule is CCN(Cc1cccs1)C(=O)NCCc1cc(C)ccc1OC. The summed E-state index contributed by atoms with van der Waals surface area (Å²) in [7, 11) is 1.67. The van der Waals surface area contributed by atoms with Crippen LogP contribution in [0.3, 0.4) is 0 Å². The molecule has 0 unspecified atom stereocenters. The van der Waals surface area contributed by atoms with E-state index >= 15 is 0 Å². The number of nitrogens with one attached hydrogen (secondary N) is 1. The van der Waals surface area contributed by atoms with Crippen molar-refractivity contribution in [3.05, 3.63) is 51.7 Å². The van der Waals surface area contributed by atoms with Crippen LogP contribution >= 0.6 is 11.3 Å². The van der Waals surface area contributed by atoms with Gasteiger partial charge in [0.05, 0.1) is 13.7 Å². The Morgan fingerprint density at radius 2 is 2.17 bits per heavy atom. The molecule has 23 heavy (non-hydrogen) atoms. The van der Waals surface area contributed by atoms with Gasteiger partial charge in [0.15, 0.2) is 0 Å². The van der Waals surface area contributed by atoms with Gasteiger partial charge in [-0.2, -0.15) is 0 Å². The summed E-state index contributed by atoms with van der Waals surface area (Å²) in [4.78, 5) is 15.3. The Kier molecular flexibility index (Phi) is 6.47. The highest BCUT2D eigenvalue weighted by atomic mass is 32.1. The first-order chi connectivity index (χ1) is 11.1. The lowest BCUT2D eigenvalue weighted by Crippen LogP contribution is -2.40. The molecular weight excluding hydrogens is 308 g/mol. The number of hydrogen-bond donors (Lipinski definition) is 1. The quantitative estimate of drug-likeness (QED) is 0.837. The summed E-state index contributed by atoms with van der Waals surface area (Å²) in [6.45, 7) is 6.00. The second-order valence-electron chi connectivity index (χ2n) is 5.39. The van der Waals surface area contributed by atoms with Crippen molar-refractivity contribution in [2.75, 3.05) is 20.2 Å². The topological polar surface area (TPSA) is 41.6 Å². The van der Waals surface area contributed by atoms with Gasteiger partial charge in [0.25, 0.3) is 0 Å². The lowest BCUT2D eigenvalue weighted by atomic mass is 10.1. The predicted molar refractivity (Wildman–Crippen MR) is 95.2 cm³/mol. The Labute approximate surface area is 142 Å². The van der Waals surface area contributed by atoms with E-state index in [-0.39, 0.29) is 6.03 Å². The van der Waals surface area contributed by atoms with Crippen molar-refractivity contribution in [2.24, 2.45) is 0 Å². The van der Waals surface area contributed by atoms with Crippen LogP contribution in [-0.2, 0) is 13.0 Å². The van der Waals surface area contributed by atoms with Crippen LogP contribution in [0.15, 0.2) is 35.7 Å². The number of carbonyl (C=O) groups is 1. The van der Waals surface area contributed by atoms with Crippen molar-refractivity contribution in [1.82, 2.24) is 10.2 Å². The summed E-state index contributed by atoms with van der Waals surface area (Å²) in [5.74, 6) is 0.871. The minimum absolute atomic E-state index is 0.0208. The predicted octanol–water partition coefficient (Wildman–Crippen LogP) is 3.84. The highest BCUT2D eigenvalue weighted by Gasteiger charge is 2.12. The van der Waals surface area contributed by atoms with Gasteiger partial charge in [0, 0.05) is 18.0 Å². The summed E-state index contributed by atoms with van der Waals surface area (Å²) in [5.41, 5.74) is 2.31. The van der Waals surface area contributed by atoms with E-state index in [0.717, 1.165) is 17.7 Å². The molecule has 0 bridgehead atoms. The van der Waals surface area contributed by atoms with Crippen molar-refractivity contribution < 1.29 is 9.53 Å². The summed E-state index contributed by atoms with van der Waals surface area (Å²) in [6, 6.07) is 10.2. The van der Waals surface area contributed by atoms with E-state index in [0.29, 0.717) is 19.6 Å². The molecule has 1 aromatic heterocycles. The van der Waals surface area contributed by atoms with E-state index in [1.165, 1.54) is 10.4 Å². The van der Waals surface area contributed by atoms with Gasteiger partial charge in [0.2, 0.25) is 0 Å². The number of urea groups is 1. The maximum atomic E-state index is 12.3. The Morgan fingerprint density at radius 1 is 1.35 bits per heavy atom. The van der Waals surface area contributed by atoms with E-state index < -0.39 is 0 Å². The van der Waals surface area contributed by atoms with Crippen molar-refractivity contribution in [3.63, 3.8) is 0 Å². The molecule has 0 aliphatic rings. The van der Waals surface area contributed by atoms with Crippen LogP contribution < -0.4 is 10.1 Å². The molecule has 1 heterocycles. The van der Waals surface area contributed by atoms with Crippen LogP contribution in [0, 0.1) is 6.92 Å². The van der Waals surface area contributed by atoms with E-state index in [2.05, 4.69) is 24.4 Å². The minimum atomic E-state index is -0.0208. The van der Waals surface area contributed by atoms with Crippen molar-refractivity contribution >= 4 is 17.4 Å². The van der Waals surface area contributed by atoms with Gasteiger partial charge in [-0.3, -0.25) is 0 Å². The average molecular weight is 332 g/mol. The van der Waals surface area contributed by atoms with Crippen molar-refractivity contribution in [1.29, 1.82) is 0 Å². The monoisotopic (exact) mass is 332 g/mol. The van der Waals surface area contributed by atoms with Crippen LogP contribution in [0.4, 0.5) is 4.79 Å². The fourth-order valence-corrected chi connectivity index (χ4v) is 3.16. The van der Waals surface area contributed by atoms with E-state index in [9.17, 15) is 4.79 Å². The third-order valence-electron chi connectivity index (χ3n) is 3.70. The standard InChI is InChI=1S/C18H24N2O2S/c1-4-20(13-16-6-5-11-23-16)18(21)19-10-9-15-12-14(2)7-8-17(15)22-3/h5-8,11-12H,4,9-10,13H2,1-3H3,(H,19,21). The first-order valence-electron chi connectivity index (χ1n) is 7.82. The number of rotatable bonds is 7. The Morgan fingerprint density at radius 3 is 2.83 bits per heavy atom. The molecule has 2 rings (SSSR count). The zero-order chi connectivity index (χ0) is 16.7. The molecule has 0 saturated heterocycles. The zero-order valence-corrected chi connectivity index (χ0v) is 14.8. The summed E-state index contributed by atoms with van der Waals surface area (Å²) >= 11 is 1.67.